The van der Waals surface area contributed by atoms with E-state index in [1.54, 1.807) is 13.2 Å². The van der Waals surface area contributed by atoms with Gasteiger partial charge in [-0.05, 0) is 24.1 Å². The third-order valence-electron chi connectivity index (χ3n) is 2.91. The molecule has 0 fully saturated rings. The van der Waals surface area contributed by atoms with Gasteiger partial charge in [-0.15, -0.1) is 0 Å². The quantitative estimate of drug-likeness (QED) is 0.829. The lowest BCUT2D eigenvalue weighted by atomic mass is 10.1. The molecule has 0 aliphatic rings. The van der Waals surface area contributed by atoms with Crippen molar-refractivity contribution < 1.29 is 4.74 Å². The van der Waals surface area contributed by atoms with Crippen molar-refractivity contribution >= 4 is 17.4 Å². The Balaban J connectivity index is 1.93. The van der Waals surface area contributed by atoms with E-state index in [9.17, 15) is 0 Å². The third-order valence-corrected chi connectivity index (χ3v) is 3.10. The molecule has 5 heteroatoms. The van der Waals surface area contributed by atoms with Gasteiger partial charge in [-0.25, -0.2) is 9.97 Å². The molecule has 1 aromatic carbocycles. The first-order valence-electron chi connectivity index (χ1n) is 6.61. The Labute approximate surface area is 124 Å². The summed E-state index contributed by atoms with van der Waals surface area (Å²) in [4.78, 5) is 8.52. The third kappa shape index (κ3) is 4.10. The first-order valence-corrected chi connectivity index (χ1v) is 6.99. The van der Waals surface area contributed by atoms with E-state index in [4.69, 9.17) is 16.3 Å². The lowest BCUT2D eigenvalue weighted by molar-refractivity contribution is 0.414. The molecule has 0 bridgehead atoms. The van der Waals surface area contributed by atoms with Gasteiger partial charge in [0, 0.05) is 19.0 Å². The highest BCUT2D eigenvalue weighted by Gasteiger charge is 2.02. The summed E-state index contributed by atoms with van der Waals surface area (Å²) in [5.41, 5.74) is 1.22. The highest BCUT2D eigenvalue weighted by atomic mass is 35.5. The largest absolute Gasteiger partial charge is 0.497 e. The number of aryl methyl sites for hydroxylation is 1. The van der Waals surface area contributed by atoms with Crippen LogP contribution in [0.3, 0.4) is 0 Å². The summed E-state index contributed by atoms with van der Waals surface area (Å²) in [6.45, 7) is 2.79. The van der Waals surface area contributed by atoms with Crippen molar-refractivity contribution in [3.05, 3.63) is 46.9 Å². The fourth-order valence-electron chi connectivity index (χ4n) is 1.88. The number of halogens is 1. The van der Waals surface area contributed by atoms with E-state index < -0.39 is 0 Å². The molecule has 0 amide bonds. The summed E-state index contributed by atoms with van der Waals surface area (Å²) >= 11 is 5.96. The molecule has 0 spiro atoms. The number of benzene rings is 1. The minimum Gasteiger partial charge on any atom is -0.497 e. The maximum atomic E-state index is 5.96. The molecular formula is C15H18ClN3O. The Hall–Kier alpha value is -1.81. The van der Waals surface area contributed by atoms with Gasteiger partial charge in [0.25, 0.3) is 0 Å². The van der Waals surface area contributed by atoms with Crippen LogP contribution >= 0.6 is 11.6 Å². The molecule has 0 unspecified atom stereocenters. The monoisotopic (exact) mass is 291 g/mol. The van der Waals surface area contributed by atoms with Crippen molar-refractivity contribution in [2.24, 2.45) is 0 Å². The maximum absolute atomic E-state index is 5.96. The molecule has 106 valence electrons. The average molecular weight is 292 g/mol. The fourth-order valence-corrected chi connectivity index (χ4v) is 2.08. The number of nitrogens with one attached hydrogen (secondary N) is 1. The van der Waals surface area contributed by atoms with Crippen molar-refractivity contribution in [1.29, 1.82) is 0 Å². The zero-order valence-electron chi connectivity index (χ0n) is 11.7. The number of rotatable bonds is 6. The van der Waals surface area contributed by atoms with Gasteiger partial charge in [-0.3, -0.25) is 0 Å². The Kier molecular flexibility index (Phi) is 5.18. The minimum absolute atomic E-state index is 0.473. The molecule has 1 aromatic heterocycles. The molecule has 4 nitrogen and oxygen atoms in total. The number of hydrogen-bond acceptors (Lipinski definition) is 4. The van der Waals surface area contributed by atoms with E-state index in [1.165, 1.54) is 5.56 Å². The number of nitrogens with zero attached hydrogens (tertiary/aromatic N) is 2. The standard InChI is InChI=1S/C15H18ClN3O/c1-3-14-18-13(16)10-15(19-14)17-8-7-11-5-4-6-12(9-11)20-2/h4-6,9-10H,3,7-8H2,1-2H3,(H,17,18,19). The summed E-state index contributed by atoms with van der Waals surface area (Å²) in [6, 6.07) is 9.78. The highest BCUT2D eigenvalue weighted by Crippen LogP contribution is 2.14. The Morgan fingerprint density at radius 2 is 2.10 bits per heavy atom. The van der Waals surface area contributed by atoms with Gasteiger partial charge in [-0.2, -0.15) is 0 Å². The normalized spacial score (nSPS) is 10.3. The summed E-state index contributed by atoms with van der Waals surface area (Å²) in [5, 5.41) is 3.74. The maximum Gasteiger partial charge on any atom is 0.134 e. The second-order valence-electron chi connectivity index (χ2n) is 4.37. The SMILES string of the molecule is CCc1nc(Cl)cc(NCCc2cccc(OC)c2)n1. The molecule has 2 rings (SSSR count). The first-order chi connectivity index (χ1) is 9.71. The molecule has 1 heterocycles. The van der Waals surface area contributed by atoms with E-state index in [-0.39, 0.29) is 0 Å². The zero-order valence-corrected chi connectivity index (χ0v) is 12.4. The minimum atomic E-state index is 0.473. The van der Waals surface area contributed by atoms with Crippen LogP contribution in [-0.2, 0) is 12.8 Å². The van der Waals surface area contributed by atoms with Crippen LogP contribution in [0.2, 0.25) is 5.15 Å². The van der Waals surface area contributed by atoms with E-state index in [0.717, 1.165) is 36.8 Å². The first kappa shape index (κ1) is 14.6. The Bertz CT molecular complexity index is 575. The number of anilines is 1. The van der Waals surface area contributed by atoms with Crippen molar-refractivity contribution in [3.8, 4) is 5.75 Å². The van der Waals surface area contributed by atoms with Gasteiger partial charge < -0.3 is 10.1 Å². The predicted octanol–water partition coefficient (Wildman–Crippen LogP) is 3.36. The molecule has 20 heavy (non-hydrogen) atoms. The van der Waals surface area contributed by atoms with Gasteiger partial charge in [-0.1, -0.05) is 30.7 Å². The second kappa shape index (κ2) is 7.10. The molecule has 0 saturated heterocycles. The second-order valence-corrected chi connectivity index (χ2v) is 4.76. The molecule has 2 aromatic rings. The average Bonchev–Trinajstić information content (AvgIpc) is 2.47. The van der Waals surface area contributed by atoms with Crippen LogP contribution in [0.25, 0.3) is 0 Å². The van der Waals surface area contributed by atoms with Crippen molar-refractivity contribution in [2.75, 3.05) is 19.0 Å². The van der Waals surface area contributed by atoms with Gasteiger partial charge in [0.15, 0.2) is 0 Å². The van der Waals surface area contributed by atoms with Gasteiger partial charge in [0.05, 0.1) is 7.11 Å². The van der Waals surface area contributed by atoms with Crippen molar-refractivity contribution in [2.45, 2.75) is 19.8 Å². The molecule has 0 radical (unpaired) electrons. The Morgan fingerprint density at radius 3 is 2.85 bits per heavy atom. The van der Waals surface area contributed by atoms with Crippen LogP contribution in [0.1, 0.15) is 18.3 Å². The summed E-state index contributed by atoms with van der Waals surface area (Å²) in [5.74, 6) is 2.40. The molecule has 0 aliphatic carbocycles. The van der Waals surface area contributed by atoms with Crippen LogP contribution in [-0.4, -0.2) is 23.6 Å². The molecular weight excluding hydrogens is 274 g/mol. The van der Waals surface area contributed by atoms with Crippen LogP contribution in [0.15, 0.2) is 30.3 Å². The van der Waals surface area contributed by atoms with Gasteiger partial charge >= 0.3 is 0 Å². The molecule has 1 N–H and O–H groups in total. The van der Waals surface area contributed by atoms with Crippen LogP contribution in [0.4, 0.5) is 5.82 Å². The predicted molar refractivity (Wildman–Crippen MR) is 81.6 cm³/mol. The van der Waals surface area contributed by atoms with Crippen LogP contribution in [0, 0.1) is 0 Å². The number of aromatic nitrogens is 2. The fraction of sp³-hybridized carbons (Fsp3) is 0.333. The van der Waals surface area contributed by atoms with E-state index in [2.05, 4.69) is 21.4 Å². The van der Waals surface area contributed by atoms with E-state index in [1.807, 2.05) is 25.1 Å². The number of ether oxygens (including phenoxy) is 1. The van der Waals surface area contributed by atoms with Crippen LogP contribution in [0.5, 0.6) is 5.75 Å². The number of methoxy groups -OCH3 is 1. The molecule has 0 aliphatic heterocycles. The zero-order chi connectivity index (χ0) is 14.4. The van der Waals surface area contributed by atoms with E-state index in [0.29, 0.717) is 5.15 Å². The summed E-state index contributed by atoms with van der Waals surface area (Å²) in [6.07, 6.45) is 1.66. The lowest BCUT2D eigenvalue weighted by Crippen LogP contribution is -2.08. The molecule has 0 saturated carbocycles. The van der Waals surface area contributed by atoms with Crippen LogP contribution < -0.4 is 10.1 Å². The molecule has 0 atom stereocenters. The van der Waals surface area contributed by atoms with Crippen molar-refractivity contribution in [3.63, 3.8) is 0 Å². The van der Waals surface area contributed by atoms with Gasteiger partial charge in [0.1, 0.15) is 22.5 Å². The van der Waals surface area contributed by atoms with Crippen molar-refractivity contribution in [1.82, 2.24) is 9.97 Å². The smallest absolute Gasteiger partial charge is 0.134 e. The highest BCUT2D eigenvalue weighted by molar-refractivity contribution is 6.29. The lowest BCUT2D eigenvalue weighted by Gasteiger charge is -2.08. The topological polar surface area (TPSA) is 47.0 Å². The summed E-state index contributed by atoms with van der Waals surface area (Å²) < 4.78 is 5.21. The van der Waals surface area contributed by atoms with E-state index >= 15 is 0 Å². The summed E-state index contributed by atoms with van der Waals surface area (Å²) in [7, 11) is 1.67. The number of hydrogen-bond donors (Lipinski definition) is 1. The Morgan fingerprint density at radius 1 is 1.25 bits per heavy atom. The van der Waals surface area contributed by atoms with Gasteiger partial charge in [0.2, 0.25) is 0 Å².